The molecule has 31 heavy (non-hydrogen) atoms. The molecule has 0 saturated carbocycles. The molecule has 0 saturated heterocycles. The van der Waals surface area contributed by atoms with E-state index in [4.69, 9.17) is 9.84 Å². The van der Waals surface area contributed by atoms with Gasteiger partial charge in [0.05, 0.1) is 12.7 Å². The number of H-pyrrole nitrogens is 1. The van der Waals surface area contributed by atoms with Gasteiger partial charge < -0.3 is 15.0 Å². The molecule has 0 spiro atoms. The number of allylic oxidation sites excluding steroid dienone is 1. The fraction of sp³-hybridized carbons (Fsp3) is 0.174. The van der Waals surface area contributed by atoms with Crippen LogP contribution in [-0.2, 0) is 15.3 Å². The number of carbonyl (C=O) groups excluding carboxylic acids is 1. The maximum atomic E-state index is 12.7. The molecule has 0 amide bonds. The quantitative estimate of drug-likeness (QED) is 0.357. The van der Waals surface area contributed by atoms with Crippen LogP contribution >= 0.6 is 11.8 Å². The van der Waals surface area contributed by atoms with E-state index in [2.05, 4.69) is 27.4 Å². The number of anilines is 1. The Morgan fingerprint density at radius 2 is 1.94 bits per heavy atom. The first-order valence-corrected chi connectivity index (χ1v) is 10.9. The predicted molar refractivity (Wildman–Crippen MR) is 121 cm³/mol. The van der Waals surface area contributed by atoms with Gasteiger partial charge in [0.25, 0.3) is 0 Å². The van der Waals surface area contributed by atoms with E-state index in [1.807, 2.05) is 55.6 Å². The van der Waals surface area contributed by atoms with E-state index in [-0.39, 0.29) is 5.97 Å². The van der Waals surface area contributed by atoms with Crippen molar-refractivity contribution in [2.75, 3.05) is 12.4 Å². The number of benzene rings is 2. The van der Waals surface area contributed by atoms with Crippen LogP contribution in [0.1, 0.15) is 24.1 Å². The van der Waals surface area contributed by atoms with Gasteiger partial charge in [-0.15, -0.1) is 5.10 Å². The average Bonchev–Trinajstić information content (AvgIpc) is 3.41. The number of para-hydroxylation sites is 1. The Hall–Kier alpha value is -3.52. The Morgan fingerprint density at radius 3 is 2.74 bits per heavy atom. The highest BCUT2D eigenvalue weighted by atomic mass is 32.2. The molecular formula is C23H21N5O2S. The Balaban J connectivity index is 1.57. The minimum absolute atomic E-state index is 0.389. The minimum Gasteiger partial charge on any atom is -0.466 e. The largest absolute Gasteiger partial charge is 0.466 e. The van der Waals surface area contributed by atoms with E-state index in [1.54, 1.807) is 16.4 Å². The number of nitrogens with one attached hydrogen (secondary N) is 2. The zero-order valence-electron chi connectivity index (χ0n) is 17.1. The lowest BCUT2D eigenvalue weighted by Crippen LogP contribution is -2.29. The zero-order valence-corrected chi connectivity index (χ0v) is 17.9. The van der Waals surface area contributed by atoms with E-state index in [9.17, 15) is 4.79 Å². The van der Waals surface area contributed by atoms with Gasteiger partial charge in [0.2, 0.25) is 11.1 Å². The van der Waals surface area contributed by atoms with Crippen molar-refractivity contribution in [1.29, 1.82) is 0 Å². The van der Waals surface area contributed by atoms with E-state index in [0.717, 1.165) is 22.2 Å². The van der Waals surface area contributed by atoms with Gasteiger partial charge in [-0.3, -0.25) is 0 Å². The van der Waals surface area contributed by atoms with Gasteiger partial charge in [-0.1, -0.05) is 60.3 Å². The summed E-state index contributed by atoms with van der Waals surface area (Å²) in [6, 6.07) is 17.8. The van der Waals surface area contributed by atoms with Crippen LogP contribution in [0.25, 0.3) is 10.9 Å². The molecule has 0 fully saturated rings. The number of esters is 1. The maximum Gasteiger partial charge on any atom is 0.338 e. The fourth-order valence-corrected chi connectivity index (χ4v) is 4.68. The Bertz CT molecular complexity index is 1290. The van der Waals surface area contributed by atoms with Crippen molar-refractivity contribution in [3.05, 3.63) is 83.2 Å². The van der Waals surface area contributed by atoms with Crippen molar-refractivity contribution in [1.82, 2.24) is 19.7 Å². The third-order valence-corrected chi connectivity index (χ3v) is 6.27. The first-order valence-electron chi connectivity index (χ1n) is 9.91. The summed E-state index contributed by atoms with van der Waals surface area (Å²) in [5, 5.41) is 9.67. The number of fused-ring (bicyclic) bond motifs is 2. The van der Waals surface area contributed by atoms with Crippen LogP contribution in [0.15, 0.2) is 77.2 Å². The van der Waals surface area contributed by atoms with Crippen LogP contribution in [0.2, 0.25) is 0 Å². The highest BCUT2D eigenvalue weighted by molar-refractivity contribution is 7.98. The molecule has 156 valence electrons. The SMILES string of the molecule is COC(=O)C1=C(C)Nc2nc(SCc3ccccc3)nn2C1c1c[nH]c2ccccc12. The third-order valence-electron chi connectivity index (χ3n) is 5.37. The van der Waals surface area contributed by atoms with Gasteiger partial charge in [0.15, 0.2) is 0 Å². The van der Waals surface area contributed by atoms with Crippen LogP contribution in [-0.4, -0.2) is 32.8 Å². The number of ether oxygens (including phenoxy) is 1. The lowest BCUT2D eigenvalue weighted by atomic mass is 9.95. The molecule has 4 aromatic rings. The van der Waals surface area contributed by atoms with Crippen LogP contribution in [0, 0.1) is 0 Å². The van der Waals surface area contributed by atoms with Gasteiger partial charge in [-0.25, -0.2) is 9.48 Å². The molecule has 2 N–H and O–H groups in total. The second-order valence-corrected chi connectivity index (χ2v) is 8.23. The van der Waals surface area contributed by atoms with E-state index in [0.29, 0.717) is 22.4 Å². The summed E-state index contributed by atoms with van der Waals surface area (Å²) in [7, 11) is 1.40. The molecule has 1 aliphatic heterocycles. The number of thioether (sulfide) groups is 1. The van der Waals surface area contributed by atoms with Crippen LogP contribution in [0.5, 0.6) is 0 Å². The molecule has 3 heterocycles. The number of methoxy groups -OCH3 is 1. The van der Waals surface area contributed by atoms with Crippen LogP contribution < -0.4 is 5.32 Å². The van der Waals surface area contributed by atoms with Crippen LogP contribution in [0.4, 0.5) is 5.95 Å². The number of rotatable bonds is 5. The molecule has 2 aromatic heterocycles. The summed E-state index contributed by atoms with van der Waals surface area (Å²) in [4.78, 5) is 20.7. The third kappa shape index (κ3) is 3.48. The molecule has 1 atom stereocenters. The van der Waals surface area contributed by atoms with Crippen LogP contribution in [0.3, 0.4) is 0 Å². The van der Waals surface area contributed by atoms with E-state index in [1.165, 1.54) is 12.7 Å². The Kier molecular flexibility index (Phi) is 4.99. The monoisotopic (exact) mass is 431 g/mol. The van der Waals surface area contributed by atoms with Crippen molar-refractivity contribution in [3.63, 3.8) is 0 Å². The number of aromatic nitrogens is 4. The van der Waals surface area contributed by atoms with Gasteiger partial charge >= 0.3 is 5.97 Å². The summed E-state index contributed by atoms with van der Waals surface area (Å²) in [5.74, 6) is 0.981. The number of hydrogen-bond acceptors (Lipinski definition) is 6. The molecule has 5 rings (SSSR count). The average molecular weight is 432 g/mol. The molecule has 0 aliphatic carbocycles. The minimum atomic E-state index is -0.446. The molecule has 7 nitrogen and oxygen atoms in total. The number of carbonyl (C=O) groups is 1. The first kappa shape index (κ1) is 19.4. The Labute approximate surface area is 183 Å². The van der Waals surface area contributed by atoms with Crippen molar-refractivity contribution >= 4 is 34.6 Å². The predicted octanol–water partition coefficient (Wildman–Crippen LogP) is 4.51. The number of nitrogens with zero attached hydrogens (tertiary/aromatic N) is 3. The smallest absolute Gasteiger partial charge is 0.338 e. The normalized spacial score (nSPS) is 15.6. The summed E-state index contributed by atoms with van der Waals surface area (Å²) >= 11 is 1.56. The molecule has 2 aromatic carbocycles. The molecule has 0 radical (unpaired) electrons. The topological polar surface area (TPSA) is 84.8 Å². The molecule has 1 unspecified atom stereocenters. The highest BCUT2D eigenvalue weighted by Crippen LogP contribution is 2.39. The summed E-state index contributed by atoms with van der Waals surface area (Å²) in [5.41, 5.74) is 4.37. The van der Waals surface area contributed by atoms with Crippen molar-refractivity contribution in [2.45, 2.75) is 23.9 Å². The fourth-order valence-electron chi connectivity index (χ4n) is 3.90. The van der Waals surface area contributed by atoms with Gasteiger partial charge in [-0.05, 0) is 18.6 Å². The van der Waals surface area contributed by atoms with Gasteiger partial charge in [0.1, 0.15) is 6.04 Å². The van der Waals surface area contributed by atoms with Gasteiger partial charge in [0, 0.05) is 34.1 Å². The van der Waals surface area contributed by atoms with E-state index >= 15 is 0 Å². The maximum absolute atomic E-state index is 12.7. The Morgan fingerprint density at radius 1 is 1.16 bits per heavy atom. The lowest BCUT2D eigenvalue weighted by molar-refractivity contribution is -0.136. The van der Waals surface area contributed by atoms with Crippen molar-refractivity contribution in [2.24, 2.45) is 0 Å². The number of aromatic amines is 1. The molecule has 1 aliphatic rings. The molecule has 0 bridgehead atoms. The molecular weight excluding hydrogens is 410 g/mol. The first-order chi connectivity index (χ1) is 15.2. The molecule has 8 heteroatoms. The van der Waals surface area contributed by atoms with Gasteiger partial charge in [-0.2, -0.15) is 4.98 Å². The highest BCUT2D eigenvalue weighted by Gasteiger charge is 2.36. The van der Waals surface area contributed by atoms with E-state index < -0.39 is 6.04 Å². The summed E-state index contributed by atoms with van der Waals surface area (Å²) < 4.78 is 6.89. The summed E-state index contributed by atoms with van der Waals surface area (Å²) in [6.45, 7) is 1.86. The van der Waals surface area contributed by atoms with Crippen molar-refractivity contribution < 1.29 is 9.53 Å². The second-order valence-electron chi connectivity index (χ2n) is 7.28. The zero-order chi connectivity index (χ0) is 21.4. The second kappa shape index (κ2) is 7.96. The standard InChI is InChI=1S/C23H21N5O2S/c1-14-19(21(29)30-2)20(17-12-24-18-11-7-6-10-16(17)18)28-22(25-14)26-23(27-28)31-13-15-8-4-3-5-9-15/h3-12,20,24H,13H2,1-2H3,(H,25,26,27). The summed E-state index contributed by atoms with van der Waals surface area (Å²) in [6.07, 6.45) is 1.93. The number of hydrogen-bond donors (Lipinski definition) is 2. The lowest BCUT2D eigenvalue weighted by Gasteiger charge is -2.27. The van der Waals surface area contributed by atoms with Crippen molar-refractivity contribution in [3.8, 4) is 0 Å².